The molecule has 0 aromatic rings. The zero-order valence-electron chi connectivity index (χ0n) is 13.8. The third-order valence-corrected chi connectivity index (χ3v) is 5.89. The van der Waals surface area contributed by atoms with E-state index in [0.29, 0.717) is 31.6 Å². The Morgan fingerprint density at radius 3 is 2.48 bits per heavy atom. The highest BCUT2D eigenvalue weighted by molar-refractivity contribution is 7.86. The lowest BCUT2D eigenvalue weighted by Gasteiger charge is -2.33. The van der Waals surface area contributed by atoms with Crippen LogP contribution in [0.1, 0.15) is 33.1 Å². The van der Waals surface area contributed by atoms with Gasteiger partial charge in [-0.25, -0.2) is 0 Å². The number of nitrogens with zero attached hydrogens (tertiary/aromatic N) is 2. The molecule has 1 N–H and O–H groups in total. The fourth-order valence-electron chi connectivity index (χ4n) is 2.55. The first kappa shape index (κ1) is 18.8. The first-order valence-corrected chi connectivity index (χ1v) is 9.21. The zero-order chi connectivity index (χ0) is 15.9. The first-order chi connectivity index (χ1) is 9.87. The Morgan fingerprint density at radius 1 is 1.33 bits per heavy atom. The maximum atomic E-state index is 12.5. The van der Waals surface area contributed by atoms with Gasteiger partial charge in [0.05, 0.1) is 0 Å². The van der Waals surface area contributed by atoms with Gasteiger partial charge in [0, 0.05) is 46.4 Å². The second-order valence-electron chi connectivity index (χ2n) is 6.09. The molecular weight excluding hydrogens is 290 g/mol. The van der Waals surface area contributed by atoms with Gasteiger partial charge in [0.25, 0.3) is 10.2 Å². The summed E-state index contributed by atoms with van der Waals surface area (Å²) in [5, 5.41) is 3.30. The molecule has 0 aliphatic carbocycles. The summed E-state index contributed by atoms with van der Waals surface area (Å²) >= 11 is 0. The van der Waals surface area contributed by atoms with Crippen molar-refractivity contribution in [2.75, 3.05) is 46.9 Å². The lowest BCUT2D eigenvalue weighted by molar-refractivity contribution is 0.120. The van der Waals surface area contributed by atoms with Crippen LogP contribution in [0.3, 0.4) is 0 Å². The second kappa shape index (κ2) is 9.05. The van der Waals surface area contributed by atoms with Crippen molar-refractivity contribution in [3.8, 4) is 0 Å². The van der Waals surface area contributed by atoms with Crippen molar-refractivity contribution in [2.24, 2.45) is 5.92 Å². The summed E-state index contributed by atoms with van der Waals surface area (Å²) in [6.07, 6.45) is 2.60. The van der Waals surface area contributed by atoms with E-state index in [4.69, 9.17) is 4.74 Å². The standard InChI is InChI=1S/C14H31N3O3S/c1-13(2)15-8-5-9-16(3)21(18,19)17-10-6-14(7-11-17)12-20-4/h13-15H,5-12H2,1-4H3. The highest BCUT2D eigenvalue weighted by Crippen LogP contribution is 2.21. The molecule has 1 saturated heterocycles. The summed E-state index contributed by atoms with van der Waals surface area (Å²) in [6.45, 7) is 7.50. The minimum absolute atomic E-state index is 0.437. The van der Waals surface area contributed by atoms with Gasteiger partial charge in [-0.1, -0.05) is 13.8 Å². The van der Waals surface area contributed by atoms with Gasteiger partial charge >= 0.3 is 0 Å². The van der Waals surface area contributed by atoms with Crippen LogP contribution in [0.2, 0.25) is 0 Å². The van der Waals surface area contributed by atoms with Crippen LogP contribution in [0.4, 0.5) is 0 Å². The highest BCUT2D eigenvalue weighted by atomic mass is 32.2. The van der Waals surface area contributed by atoms with Crippen LogP contribution >= 0.6 is 0 Å². The third-order valence-electron chi connectivity index (χ3n) is 3.90. The van der Waals surface area contributed by atoms with Crippen LogP contribution in [0.5, 0.6) is 0 Å². The van der Waals surface area contributed by atoms with E-state index in [1.165, 1.54) is 4.31 Å². The monoisotopic (exact) mass is 321 g/mol. The van der Waals surface area contributed by atoms with Crippen molar-refractivity contribution < 1.29 is 13.2 Å². The lowest BCUT2D eigenvalue weighted by Crippen LogP contribution is -2.46. The molecule has 7 heteroatoms. The summed E-state index contributed by atoms with van der Waals surface area (Å²) in [5.74, 6) is 0.488. The lowest BCUT2D eigenvalue weighted by atomic mass is 9.99. The summed E-state index contributed by atoms with van der Waals surface area (Å²) in [5.41, 5.74) is 0. The largest absolute Gasteiger partial charge is 0.384 e. The van der Waals surface area contributed by atoms with Crippen LogP contribution in [0, 0.1) is 5.92 Å². The number of hydrogen-bond acceptors (Lipinski definition) is 4. The average molecular weight is 321 g/mol. The topological polar surface area (TPSA) is 61.9 Å². The molecule has 0 amide bonds. The molecule has 0 aromatic carbocycles. The fraction of sp³-hybridized carbons (Fsp3) is 1.00. The van der Waals surface area contributed by atoms with Gasteiger partial charge in [0.15, 0.2) is 0 Å². The summed E-state index contributed by atoms with van der Waals surface area (Å²) < 4.78 is 33.2. The molecule has 1 rings (SSSR count). The molecule has 1 heterocycles. The number of rotatable bonds is 9. The zero-order valence-corrected chi connectivity index (χ0v) is 14.7. The van der Waals surface area contributed by atoms with E-state index in [2.05, 4.69) is 19.2 Å². The summed E-state index contributed by atoms with van der Waals surface area (Å²) in [4.78, 5) is 0. The molecule has 1 aliphatic heterocycles. The molecular formula is C14H31N3O3S. The van der Waals surface area contributed by atoms with Gasteiger partial charge in [-0.05, 0) is 31.7 Å². The van der Waals surface area contributed by atoms with Gasteiger partial charge in [-0.3, -0.25) is 0 Å². The number of piperidine rings is 1. The van der Waals surface area contributed by atoms with Gasteiger partial charge in [-0.15, -0.1) is 0 Å². The fourth-order valence-corrected chi connectivity index (χ4v) is 3.97. The minimum Gasteiger partial charge on any atom is -0.384 e. The Balaban J connectivity index is 2.38. The molecule has 0 spiro atoms. The van der Waals surface area contributed by atoms with E-state index in [0.717, 1.165) is 32.4 Å². The van der Waals surface area contributed by atoms with E-state index < -0.39 is 10.2 Å². The Morgan fingerprint density at radius 2 is 1.95 bits per heavy atom. The molecule has 6 nitrogen and oxygen atoms in total. The third kappa shape index (κ3) is 6.20. The predicted octanol–water partition coefficient (Wildman–Crippen LogP) is 0.910. The predicted molar refractivity (Wildman–Crippen MR) is 85.5 cm³/mol. The quantitative estimate of drug-likeness (QED) is 0.641. The minimum atomic E-state index is -3.30. The van der Waals surface area contributed by atoms with Crippen molar-refractivity contribution in [3.63, 3.8) is 0 Å². The van der Waals surface area contributed by atoms with Crippen molar-refractivity contribution in [1.82, 2.24) is 13.9 Å². The molecule has 21 heavy (non-hydrogen) atoms. The van der Waals surface area contributed by atoms with E-state index in [1.54, 1.807) is 18.5 Å². The maximum Gasteiger partial charge on any atom is 0.281 e. The highest BCUT2D eigenvalue weighted by Gasteiger charge is 2.30. The van der Waals surface area contributed by atoms with Gasteiger partial charge in [0.2, 0.25) is 0 Å². The Hall–Kier alpha value is -0.210. The second-order valence-corrected chi connectivity index (χ2v) is 8.12. The molecule has 0 radical (unpaired) electrons. The van der Waals surface area contributed by atoms with Crippen LogP contribution in [-0.2, 0) is 14.9 Å². The smallest absolute Gasteiger partial charge is 0.281 e. The average Bonchev–Trinajstić information content (AvgIpc) is 2.44. The van der Waals surface area contributed by atoms with E-state index >= 15 is 0 Å². The number of ether oxygens (including phenoxy) is 1. The van der Waals surface area contributed by atoms with Crippen molar-refractivity contribution in [1.29, 1.82) is 0 Å². The van der Waals surface area contributed by atoms with Crippen molar-refractivity contribution >= 4 is 10.2 Å². The van der Waals surface area contributed by atoms with Crippen LogP contribution < -0.4 is 5.32 Å². The SMILES string of the molecule is COCC1CCN(S(=O)(=O)N(C)CCCNC(C)C)CC1. The number of hydrogen-bond donors (Lipinski definition) is 1. The molecule has 0 bridgehead atoms. The molecule has 0 saturated carbocycles. The molecule has 0 aromatic heterocycles. The molecule has 126 valence electrons. The normalized spacial score (nSPS) is 18.8. The van der Waals surface area contributed by atoms with Crippen molar-refractivity contribution in [2.45, 2.75) is 39.2 Å². The van der Waals surface area contributed by atoms with Gasteiger partial charge < -0.3 is 10.1 Å². The molecule has 0 unspecified atom stereocenters. The Kier molecular flexibility index (Phi) is 8.12. The molecule has 1 fully saturated rings. The van der Waals surface area contributed by atoms with E-state index in [9.17, 15) is 8.42 Å². The van der Waals surface area contributed by atoms with Crippen LogP contribution in [0.15, 0.2) is 0 Å². The van der Waals surface area contributed by atoms with Gasteiger partial charge in [0.1, 0.15) is 0 Å². The van der Waals surface area contributed by atoms with Gasteiger partial charge in [-0.2, -0.15) is 17.0 Å². The van der Waals surface area contributed by atoms with E-state index in [-0.39, 0.29) is 0 Å². The number of nitrogens with one attached hydrogen (secondary N) is 1. The Labute approximate surface area is 130 Å². The Bertz CT molecular complexity index is 379. The summed E-state index contributed by atoms with van der Waals surface area (Å²) in [7, 11) is 0.0660. The first-order valence-electron chi connectivity index (χ1n) is 7.81. The van der Waals surface area contributed by atoms with E-state index in [1.807, 2.05) is 0 Å². The van der Waals surface area contributed by atoms with Crippen LogP contribution in [-0.4, -0.2) is 70.0 Å². The van der Waals surface area contributed by atoms with Crippen LogP contribution in [0.25, 0.3) is 0 Å². The number of methoxy groups -OCH3 is 1. The summed E-state index contributed by atoms with van der Waals surface area (Å²) in [6, 6.07) is 0.437. The van der Waals surface area contributed by atoms with Crippen molar-refractivity contribution in [3.05, 3.63) is 0 Å². The maximum absolute atomic E-state index is 12.5. The molecule has 0 atom stereocenters. The molecule has 1 aliphatic rings.